The van der Waals surface area contributed by atoms with Crippen LogP contribution >= 0.6 is 11.3 Å². The van der Waals surface area contributed by atoms with Gasteiger partial charge in [-0.1, -0.05) is 0 Å². The van der Waals surface area contributed by atoms with Crippen molar-refractivity contribution in [2.45, 2.75) is 19.8 Å². The summed E-state index contributed by atoms with van der Waals surface area (Å²) in [5.41, 5.74) is 2.44. The number of rotatable bonds is 5. The van der Waals surface area contributed by atoms with Crippen LogP contribution in [0.3, 0.4) is 0 Å². The quantitative estimate of drug-likeness (QED) is 0.717. The highest BCUT2D eigenvalue weighted by Crippen LogP contribution is 2.11. The number of amides is 1. The lowest BCUT2D eigenvalue weighted by Gasteiger charge is -2.02. The molecule has 0 saturated heterocycles. The topological polar surface area (TPSA) is 62.2 Å². The second kappa shape index (κ2) is 5.72. The van der Waals surface area contributed by atoms with E-state index in [9.17, 15) is 4.79 Å². The standard InChI is InChI=1S/C9H14N2O2S/c1-7-8(14-6-11-7)9(13)10-4-2-3-5-12/h6,12H,2-5H2,1H3,(H,10,13). The molecule has 0 aliphatic rings. The third kappa shape index (κ3) is 3.08. The van der Waals surface area contributed by atoms with Crippen LogP contribution in [0.1, 0.15) is 28.2 Å². The van der Waals surface area contributed by atoms with E-state index in [-0.39, 0.29) is 12.5 Å². The van der Waals surface area contributed by atoms with Crippen molar-refractivity contribution < 1.29 is 9.90 Å². The molecule has 1 heterocycles. The summed E-state index contributed by atoms with van der Waals surface area (Å²) in [7, 11) is 0. The maximum Gasteiger partial charge on any atom is 0.263 e. The van der Waals surface area contributed by atoms with Crippen LogP contribution in [0.25, 0.3) is 0 Å². The molecule has 1 amide bonds. The summed E-state index contributed by atoms with van der Waals surface area (Å²) in [6.45, 7) is 2.60. The zero-order chi connectivity index (χ0) is 10.4. The van der Waals surface area contributed by atoms with Crippen molar-refractivity contribution in [3.63, 3.8) is 0 Å². The number of nitrogens with one attached hydrogen (secondary N) is 1. The summed E-state index contributed by atoms with van der Waals surface area (Å²) in [6.07, 6.45) is 1.53. The van der Waals surface area contributed by atoms with Gasteiger partial charge in [-0.05, 0) is 19.8 Å². The molecule has 1 aromatic rings. The monoisotopic (exact) mass is 214 g/mol. The second-order valence-electron chi connectivity index (χ2n) is 2.95. The fraction of sp³-hybridized carbons (Fsp3) is 0.556. The van der Waals surface area contributed by atoms with Gasteiger partial charge in [0.1, 0.15) is 4.88 Å². The Hall–Kier alpha value is -0.940. The average molecular weight is 214 g/mol. The fourth-order valence-corrected chi connectivity index (χ4v) is 1.76. The summed E-state index contributed by atoms with van der Waals surface area (Å²) < 4.78 is 0. The Morgan fingerprint density at radius 3 is 3.00 bits per heavy atom. The van der Waals surface area contributed by atoms with E-state index in [4.69, 9.17) is 5.11 Å². The number of aryl methyl sites for hydroxylation is 1. The number of thiazole rings is 1. The van der Waals surface area contributed by atoms with Crippen LogP contribution in [0.4, 0.5) is 0 Å². The Bertz CT molecular complexity index is 299. The Kier molecular flexibility index (Phi) is 4.55. The lowest BCUT2D eigenvalue weighted by atomic mass is 10.3. The zero-order valence-corrected chi connectivity index (χ0v) is 8.93. The highest BCUT2D eigenvalue weighted by molar-refractivity contribution is 7.11. The maximum absolute atomic E-state index is 11.5. The van der Waals surface area contributed by atoms with Crippen LogP contribution in [-0.4, -0.2) is 29.1 Å². The molecule has 0 fully saturated rings. The van der Waals surface area contributed by atoms with Gasteiger partial charge in [0.05, 0.1) is 11.2 Å². The fourth-order valence-electron chi connectivity index (χ4n) is 1.04. The van der Waals surface area contributed by atoms with Crippen molar-refractivity contribution in [2.24, 2.45) is 0 Å². The molecule has 0 aliphatic heterocycles. The molecule has 4 nitrogen and oxygen atoms in total. The highest BCUT2D eigenvalue weighted by Gasteiger charge is 2.09. The van der Waals surface area contributed by atoms with E-state index in [1.54, 1.807) is 5.51 Å². The van der Waals surface area contributed by atoms with Crippen molar-refractivity contribution in [3.05, 3.63) is 16.1 Å². The van der Waals surface area contributed by atoms with E-state index in [0.717, 1.165) is 18.5 Å². The van der Waals surface area contributed by atoms with Gasteiger partial charge in [-0.25, -0.2) is 4.98 Å². The molecule has 5 heteroatoms. The molecule has 2 N–H and O–H groups in total. The molecular weight excluding hydrogens is 200 g/mol. The Morgan fingerprint density at radius 1 is 1.64 bits per heavy atom. The summed E-state index contributed by atoms with van der Waals surface area (Å²) in [4.78, 5) is 16.2. The Morgan fingerprint density at radius 2 is 2.43 bits per heavy atom. The van der Waals surface area contributed by atoms with Crippen LogP contribution in [0.15, 0.2) is 5.51 Å². The molecule has 0 aliphatic carbocycles. The summed E-state index contributed by atoms with van der Waals surface area (Å²) in [6, 6.07) is 0. The second-order valence-corrected chi connectivity index (χ2v) is 3.81. The predicted molar refractivity (Wildman–Crippen MR) is 55.5 cm³/mol. The van der Waals surface area contributed by atoms with Gasteiger partial charge in [0.15, 0.2) is 0 Å². The van der Waals surface area contributed by atoms with E-state index in [0.29, 0.717) is 11.4 Å². The number of aliphatic hydroxyl groups excluding tert-OH is 1. The molecule has 1 rings (SSSR count). The van der Waals surface area contributed by atoms with E-state index < -0.39 is 0 Å². The third-order valence-corrected chi connectivity index (χ3v) is 2.75. The van der Waals surface area contributed by atoms with Gasteiger partial charge in [-0.15, -0.1) is 11.3 Å². The molecule has 14 heavy (non-hydrogen) atoms. The molecule has 78 valence electrons. The number of unbranched alkanes of at least 4 members (excludes halogenated alkanes) is 1. The average Bonchev–Trinajstić information content (AvgIpc) is 2.59. The largest absolute Gasteiger partial charge is 0.396 e. The van der Waals surface area contributed by atoms with E-state index in [1.807, 2.05) is 6.92 Å². The van der Waals surface area contributed by atoms with Gasteiger partial charge in [0.25, 0.3) is 5.91 Å². The van der Waals surface area contributed by atoms with Gasteiger partial charge in [-0.3, -0.25) is 4.79 Å². The molecule has 1 aromatic heterocycles. The van der Waals surface area contributed by atoms with Crippen LogP contribution < -0.4 is 5.32 Å². The number of aromatic nitrogens is 1. The van der Waals surface area contributed by atoms with E-state index in [1.165, 1.54) is 11.3 Å². The molecule has 0 saturated carbocycles. The third-order valence-electron chi connectivity index (χ3n) is 1.82. The molecule has 0 spiro atoms. The number of hydrogen-bond donors (Lipinski definition) is 2. The molecule has 0 aromatic carbocycles. The van der Waals surface area contributed by atoms with Crippen molar-refractivity contribution >= 4 is 17.2 Å². The number of hydrogen-bond acceptors (Lipinski definition) is 4. The van der Waals surface area contributed by atoms with Gasteiger partial charge in [0, 0.05) is 13.2 Å². The number of nitrogens with zero attached hydrogens (tertiary/aromatic N) is 1. The summed E-state index contributed by atoms with van der Waals surface area (Å²) in [5.74, 6) is -0.0667. The smallest absolute Gasteiger partial charge is 0.263 e. The highest BCUT2D eigenvalue weighted by atomic mass is 32.1. The molecule has 0 radical (unpaired) electrons. The van der Waals surface area contributed by atoms with Crippen LogP contribution in [0, 0.1) is 6.92 Å². The van der Waals surface area contributed by atoms with Crippen LogP contribution in [0.5, 0.6) is 0 Å². The van der Waals surface area contributed by atoms with Crippen molar-refractivity contribution in [1.82, 2.24) is 10.3 Å². The zero-order valence-electron chi connectivity index (χ0n) is 8.12. The minimum absolute atomic E-state index is 0.0667. The summed E-state index contributed by atoms with van der Waals surface area (Å²) >= 11 is 1.35. The normalized spacial score (nSPS) is 10.1. The van der Waals surface area contributed by atoms with Crippen molar-refractivity contribution in [3.8, 4) is 0 Å². The van der Waals surface area contributed by atoms with Crippen molar-refractivity contribution in [1.29, 1.82) is 0 Å². The molecule has 0 bridgehead atoms. The van der Waals surface area contributed by atoms with Gasteiger partial charge in [0.2, 0.25) is 0 Å². The van der Waals surface area contributed by atoms with Gasteiger partial charge < -0.3 is 10.4 Å². The first kappa shape index (κ1) is 11.1. The number of carbonyl (C=O) groups is 1. The summed E-state index contributed by atoms with van der Waals surface area (Å²) in [5, 5.41) is 11.3. The first-order valence-corrected chi connectivity index (χ1v) is 5.43. The predicted octanol–water partition coefficient (Wildman–Crippen LogP) is 0.954. The molecular formula is C9H14N2O2S. The first-order valence-electron chi connectivity index (χ1n) is 4.55. The van der Waals surface area contributed by atoms with E-state index >= 15 is 0 Å². The van der Waals surface area contributed by atoms with Crippen LogP contribution in [-0.2, 0) is 0 Å². The SMILES string of the molecule is Cc1ncsc1C(=O)NCCCCO. The number of carbonyl (C=O) groups excluding carboxylic acids is 1. The number of aliphatic hydroxyl groups is 1. The van der Waals surface area contributed by atoms with Gasteiger partial charge in [-0.2, -0.15) is 0 Å². The Labute approximate surface area is 87.0 Å². The van der Waals surface area contributed by atoms with Crippen LogP contribution in [0.2, 0.25) is 0 Å². The van der Waals surface area contributed by atoms with Crippen molar-refractivity contribution in [2.75, 3.05) is 13.2 Å². The molecule has 0 atom stereocenters. The minimum Gasteiger partial charge on any atom is -0.396 e. The lowest BCUT2D eigenvalue weighted by molar-refractivity contribution is 0.0955. The lowest BCUT2D eigenvalue weighted by Crippen LogP contribution is -2.24. The minimum atomic E-state index is -0.0667. The molecule has 0 unspecified atom stereocenters. The first-order chi connectivity index (χ1) is 6.75. The Balaban J connectivity index is 2.32. The van der Waals surface area contributed by atoms with Gasteiger partial charge >= 0.3 is 0 Å². The van der Waals surface area contributed by atoms with E-state index in [2.05, 4.69) is 10.3 Å². The maximum atomic E-state index is 11.5.